The van der Waals surface area contributed by atoms with E-state index in [4.69, 9.17) is 14.1 Å². The van der Waals surface area contributed by atoms with Gasteiger partial charge in [-0.25, -0.2) is 0 Å². The number of aliphatic hydroxyl groups is 2. The molecular weight excluding hydrogens is 399 g/mol. The molecule has 1 radical (unpaired) electrons. The van der Waals surface area contributed by atoms with Crippen molar-refractivity contribution in [3.63, 3.8) is 0 Å². The lowest BCUT2D eigenvalue weighted by Gasteiger charge is -2.42. The lowest BCUT2D eigenvalue weighted by atomic mass is 9.57. The molecule has 7 nitrogen and oxygen atoms in total. The van der Waals surface area contributed by atoms with Crippen LogP contribution in [0.25, 0.3) is 0 Å². The third kappa shape index (κ3) is 8.48. The second kappa shape index (κ2) is 9.90. The molecule has 0 aliphatic rings. The molecule has 3 unspecified atom stereocenters. The van der Waals surface area contributed by atoms with Gasteiger partial charge in [0.2, 0.25) is 0 Å². The smallest absolute Gasteiger partial charge is 0.312 e. The van der Waals surface area contributed by atoms with Crippen molar-refractivity contribution in [2.24, 2.45) is 11.3 Å². The van der Waals surface area contributed by atoms with Crippen LogP contribution in [0.3, 0.4) is 0 Å². The van der Waals surface area contributed by atoms with Gasteiger partial charge in [-0.05, 0) is 62.3 Å². The molecule has 3 atom stereocenters. The highest BCUT2D eigenvalue weighted by atomic mass is 16.6. The van der Waals surface area contributed by atoms with Crippen molar-refractivity contribution < 1.29 is 33.9 Å². The van der Waals surface area contributed by atoms with Gasteiger partial charge in [-0.15, -0.1) is 0 Å². The zero-order valence-corrected chi connectivity index (χ0v) is 21.7. The molecule has 0 spiro atoms. The third-order valence-electron chi connectivity index (χ3n) is 6.37. The molecule has 31 heavy (non-hydrogen) atoms. The van der Waals surface area contributed by atoms with Crippen LogP contribution < -0.4 is 0 Å². The fraction of sp³-hybridized carbons (Fsp3) is 0.913. The number of ether oxygens (including phenoxy) is 2. The number of ketones is 1. The first-order chi connectivity index (χ1) is 13.5. The summed E-state index contributed by atoms with van der Waals surface area (Å²) in [6, 6.07) is 0. The highest BCUT2D eigenvalue weighted by Crippen LogP contribution is 2.42. The highest BCUT2D eigenvalue weighted by Gasteiger charge is 2.46. The summed E-state index contributed by atoms with van der Waals surface area (Å²) >= 11 is 0. The predicted octanol–water partition coefficient (Wildman–Crippen LogP) is 3.67. The lowest BCUT2D eigenvalue weighted by Crippen LogP contribution is -2.49. The highest BCUT2D eigenvalue weighted by molar-refractivity contribution is 6.32. The second-order valence-corrected chi connectivity index (χ2v) is 11.2. The molecule has 0 aromatic heterocycles. The SMILES string of the molecule is CC(OC(C)(C)O)C(=O)C(C)(C)C(C)O[B]C(C)(C)C(C)(C)OC(=O)C(C)C(C)(C)O. The van der Waals surface area contributed by atoms with E-state index >= 15 is 0 Å². The first kappa shape index (κ1) is 30.0. The minimum absolute atomic E-state index is 0.196. The zero-order chi connectivity index (χ0) is 25.2. The molecule has 0 saturated carbocycles. The quantitative estimate of drug-likeness (QED) is 0.270. The van der Waals surface area contributed by atoms with E-state index in [1.807, 2.05) is 13.8 Å². The number of carbonyl (C=O) groups is 2. The Labute approximate surface area is 189 Å². The average Bonchev–Trinajstić information content (AvgIpc) is 2.55. The van der Waals surface area contributed by atoms with Gasteiger partial charge in [-0.1, -0.05) is 27.7 Å². The van der Waals surface area contributed by atoms with Crippen molar-refractivity contribution in [2.75, 3.05) is 0 Å². The predicted molar refractivity (Wildman–Crippen MR) is 122 cm³/mol. The van der Waals surface area contributed by atoms with Crippen molar-refractivity contribution >= 4 is 19.2 Å². The summed E-state index contributed by atoms with van der Waals surface area (Å²) in [5.74, 6) is -2.81. The zero-order valence-electron chi connectivity index (χ0n) is 21.7. The molecule has 0 rings (SSSR count). The number of carbonyl (C=O) groups excluding carboxylic acids is 2. The summed E-state index contributed by atoms with van der Waals surface area (Å²) < 4.78 is 17.1. The summed E-state index contributed by atoms with van der Waals surface area (Å²) in [7, 11) is 1.59. The van der Waals surface area contributed by atoms with Crippen molar-refractivity contribution in [1.82, 2.24) is 0 Å². The number of hydrogen-bond donors (Lipinski definition) is 2. The van der Waals surface area contributed by atoms with Gasteiger partial charge in [0.25, 0.3) is 0 Å². The Morgan fingerprint density at radius 2 is 1.29 bits per heavy atom. The van der Waals surface area contributed by atoms with Gasteiger partial charge in [0.15, 0.2) is 11.6 Å². The van der Waals surface area contributed by atoms with Gasteiger partial charge in [0.1, 0.15) is 11.7 Å². The number of hydrogen-bond acceptors (Lipinski definition) is 7. The van der Waals surface area contributed by atoms with Crippen LogP contribution in [-0.2, 0) is 23.7 Å². The number of rotatable bonds is 12. The Hall–Kier alpha value is -0.955. The van der Waals surface area contributed by atoms with Crippen molar-refractivity contribution in [3.05, 3.63) is 0 Å². The Balaban J connectivity index is 5.23. The molecule has 0 aliphatic heterocycles. The van der Waals surface area contributed by atoms with E-state index in [9.17, 15) is 19.8 Å². The monoisotopic (exact) mass is 443 g/mol. The van der Waals surface area contributed by atoms with Gasteiger partial charge < -0.3 is 24.3 Å². The molecule has 0 aliphatic carbocycles. The van der Waals surface area contributed by atoms with Gasteiger partial charge in [-0.2, -0.15) is 0 Å². The summed E-state index contributed by atoms with van der Waals surface area (Å²) in [4.78, 5) is 25.4. The van der Waals surface area contributed by atoms with Gasteiger partial charge in [-0.3, -0.25) is 9.59 Å². The Kier molecular flexibility index (Phi) is 9.59. The fourth-order valence-corrected chi connectivity index (χ4v) is 2.55. The van der Waals surface area contributed by atoms with Crippen molar-refractivity contribution in [1.29, 1.82) is 0 Å². The van der Waals surface area contributed by atoms with Gasteiger partial charge in [0.05, 0.1) is 16.9 Å². The topological polar surface area (TPSA) is 102 Å². The molecule has 0 amide bonds. The number of Topliss-reactive ketones (excluding diaryl/α,β-unsaturated/α-hetero) is 1. The van der Waals surface area contributed by atoms with Crippen LogP contribution in [0.15, 0.2) is 0 Å². The molecule has 0 bridgehead atoms. The maximum absolute atomic E-state index is 12.9. The third-order valence-corrected chi connectivity index (χ3v) is 6.37. The first-order valence-electron chi connectivity index (χ1n) is 10.9. The first-order valence-corrected chi connectivity index (χ1v) is 10.9. The summed E-state index contributed by atoms with van der Waals surface area (Å²) in [6.45, 7) is 21.9. The van der Waals surface area contributed by atoms with E-state index in [1.165, 1.54) is 13.8 Å². The summed E-state index contributed by atoms with van der Waals surface area (Å²) in [5.41, 5.74) is -3.03. The molecule has 8 heteroatoms. The van der Waals surface area contributed by atoms with E-state index in [0.29, 0.717) is 0 Å². The van der Waals surface area contributed by atoms with E-state index in [1.54, 1.807) is 69.8 Å². The molecule has 2 N–H and O–H groups in total. The van der Waals surface area contributed by atoms with Crippen LogP contribution >= 0.6 is 0 Å². The van der Waals surface area contributed by atoms with E-state index in [2.05, 4.69) is 0 Å². The van der Waals surface area contributed by atoms with Crippen LogP contribution in [0, 0.1) is 11.3 Å². The minimum atomic E-state index is -1.42. The normalized spacial score (nSPS) is 17.0. The van der Waals surface area contributed by atoms with Crippen LogP contribution in [0.5, 0.6) is 0 Å². The molecule has 0 aromatic carbocycles. The van der Waals surface area contributed by atoms with Crippen molar-refractivity contribution in [3.8, 4) is 0 Å². The molecule has 0 aromatic rings. The van der Waals surface area contributed by atoms with Crippen LogP contribution in [0.2, 0.25) is 5.31 Å². The maximum atomic E-state index is 12.9. The summed E-state index contributed by atoms with van der Waals surface area (Å²) in [5, 5.41) is 19.2. The van der Waals surface area contributed by atoms with Crippen LogP contribution in [0.4, 0.5) is 0 Å². The number of esters is 1. The van der Waals surface area contributed by atoms with Crippen LogP contribution in [-0.4, -0.2) is 58.6 Å². The van der Waals surface area contributed by atoms with E-state index in [-0.39, 0.29) is 5.78 Å². The van der Waals surface area contributed by atoms with E-state index < -0.39 is 51.8 Å². The lowest BCUT2D eigenvalue weighted by molar-refractivity contribution is -0.207. The summed E-state index contributed by atoms with van der Waals surface area (Å²) in [6.07, 6.45) is -1.32. The van der Waals surface area contributed by atoms with E-state index in [0.717, 1.165) is 0 Å². The molecule has 181 valence electrons. The maximum Gasteiger partial charge on any atom is 0.312 e. The molecule has 0 fully saturated rings. The Bertz CT molecular complexity index is 627. The van der Waals surface area contributed by atoms with Crippen LogP contribution in [0.1, 0.15) is 90.0 Å². The van der Waals surface area contributed by atoms with Gasteiger partial charge >= 0.3 is 13.5 Å². The van der Waals surface area contributed by atoms with Gasteiger partial charge in [0, 0.05) is 11.4 Å². The largest absolute Gasteiger partial charge is 0.459 e. The molecule has 0 saturated heterocycles. The Morgan fingerprint density at radius 3 is 1.68 bits per heavy atom. The fourth-order valence-electron chi connectivity index (χ4n) is 2.55. The minimum Gasteiger partial charge on any atom is -0.459 e. The second-order valence-electron chi connectivity index (χ2n) is 11.2. The Morgan fingerprint density at radius 1 is 0.839 bits per heavy atom. The van der Waals surface area contributed by atoms with Crippen molar-refractivity contribution in [2.45, 2.75) is 125 Å². The standard InChI is InChI=1S/C23H44BO7/c1-14(20(6,7)27)18(26)30-22(10,11)21(8,9)24-31-16(3)19(4,5)17(25)15(2)29-23(12,13)28/h14-16,27-28H,1-13H3. The molecular formula is C23H44BO7. The average molecular weight is 443 g/mol. The molecule has 0 heterocycles.